The Balaban J connectivity index is 2.97. The van der Waals surface area contributed by atoms with E-state index in [9.17, 15) is 0 Å². The van der Waals surface area contributed by atoms with Gasteiger partial charge in [-0.2, -0.15) is 0 Å². The van der Waals surface area contributed by atoms with E-state index in [1.165, 1.54) is 5.20 Å². The summed E-state index contributed by atoms with van der Waals surface area (Å²) in [7, 11) is -2.67. The van der Waals surface area contributed by atoms with E-state index in [0.29, 0.717) is 19.8 Å². The Kier molecular flexibility index (Phi) is 7.20. The summed E-state index contributed by atoms with van der Waals surface area (Å²) in [6.45, 7) is 7.80. The molecule has 0 amide bonds. The molecule has 1 aliphatic carbocycles. The molecule has 18 heavy (non-hydrogen) atoms. The molecule has 0 saturated heterocycles. The van der Waals surface area contributed by atoms with E-state index in [1.54, 1.807) is 0 Å². The van der Waals surface area contributed by atoms with Crippen LogP contribution in [0.3, 0.4) is 0 Å². The van der Waals surface area contributed by atoms with Gasteiger partial charge in [0.15, 0.2) is 0 Å². The summed E-state index contributed by atoms with van der Waals surface area (Å²) in [6.07, 6.45) is 12.3. The van der Waals surface area contributed by atoms with E-state index in [4.69, 9.17) is 13.3 Å². The maximum atomic E-state index is 5.91. The summed E-state index contributed by atoms with van der Waals surface area (Å²) in [5.74, 6) is 0. The third-order valence-corrected chi connectivity index (χ3v) is 5.84. The molecule has 0 saturated carbocycles. The van der Waals surface area contributed by atoms with Gasteiger partial charge in [0.1, 0.15) is 0 Å². The first-order chi connectivity index (χ1) is 8.79. The van der Waals surface area contributed by atoms with Gasteiger partial charge >= 0.3 is 8.80 Å². The Morgan fingerprint density at radius 2 is 1.56 bits per heavy atom. The fourth-order valence-electron chi connectivity index (χ4n) is 1.96. The summed E-state index contributed by atoms with van der Waals surface area (Å²) in [5.41, 5.74) is 0. The average Bonchev–Trinajstić information content (AvgIpc) is 2.29. The van der Waals surface area contributed by atoms with E-state index in [1.807, 2.05) is 32.9 Å². The molecule has 0 N–H and O–H groups in total. The van der Waals surface area contributed by atoms with Gasteiger partial charge in [0.05, 0.1) is 0 Å². The topological polar surface area (TPSA) is 27.7 Å². The molecule has 0 unspecified atom stereocenters. The van der Waals surface area contributed by atoms with Crippen LogP contribution in [-0.2, 0) is 13.3 Å². The van der Waals surface area contributed by atoms with Crippen LogP contribution in [0.1, 0.15) is 33.6 Å². The molecule has 0 spiro atoms. The molecule has 0 atom stereocenters. The molecule has 1 aliphatic rings. The van der Waals surface area contributed by atoms with Crippen molar-refractivity contribution in [3.05, 3.63) is 35.6 Å². The highest BCUT2D eigenvalue weighted by atomic mass is 28.4. The van der Waals surface area contributed by atoms with Crippen molar-refractivity contribution in [3.8, 4) is 0 Å². The standard InChI is InChI=1S/C14H24O3Si/c1-4-15-18(16-5-2,17-6-3)14-12-10-8-7-9-11-13-14/h7-10,12H,4-6,11,13H2,1-3H3. The van der Waals surface area contributed by atoms with Gasteiger partial charge in [0.2, 0.25) is 0 Å². The first-order valence-corrected chi connectivity index (χ1v) is 8.46. The lowest BCUT2D eigenvalue weighted by molar-refractivity contribution is 0.0798. The monoisotopic (exact) mass is 268 g/mol. The predicted molar refractivity (Wildman–Crippen MR) is 76.2 cm³/mol. The molecule has 0 aromatic rings. The van der Waals surface area contributed by atoms with Gasteiger partial charge < -0.3 is 13.3 Å². The second-order valence-electron chi connectivity index (χ2n) is 3.90. The van der Waals surface area contributed by atoms with Crippen molar-refractivity contribution in [1.29, 1.82) is 0 Å². The predicted octanol–water partition coefficient (Wildman–Crippen LogP) is 3.41. The van der Waals surface area contributed by atoms with Crippen molar-refractivity contribution >= 4 is 8.80 Å². The van der Waals surface area contributed by atoms with Crippen molar-refractivity contribution in [2.45, 2.75) is 33.6 Å². The van der Waals surface area contributed by atoms with Crippen LogP contribution >= 0.6 is 0 Å². The molecule has 102 valence electrons. The van der Waals surface area contributed by atoms with Crippen molar-refractivity contribution in [3.63, 3.8) is 0 Å². The van der Waals surface area contributed by atoms with Gasteiger partial charge in [-0.15, -0.1) is 0 Å². The second kappa shape index (κ2) is 8.42. The summed E-state index contributed by atoms with van der Waals surface area (Å²) in [5, 5.41) is 1.17. The highest BCUT2D eigenvalue weighted by molar-refractivity contribution is 6.68. The van der Waals surface area contributed by atoms with Crippen molar-refractivity contribution in [1.82, 2.24) is 0 Å². The Morgan fingerprint density at radius 1 is 0.944 bits per heavy atom. The van der Waals surface area contributed by atoms with Gasteiger partial charge in [-0.1, -0.05) is 30.4 Å². The molecule has 4 heteroatoms. The molecule has 0 fully saturated rings. The highest BCUT2D eigenvalue weighted by Gasteiger charge is 2.44. The van der Waals surface area contributed by atoms with Crippen LogP contribution in [0.15, 0.2) is 35.6 Å². The van der Waals surface area contributed by atoms with Crippen LogP contribution in [-0.4, -0.2) is 28.6 Å². The van der Waals surface area contributed by atoms with Crippen LogP contribution < -0.4 is 0 Å². The van der Waals surface area contributed by atoms with Crippen molar-refractivity contribution in [2.75, 3.05) is 19.8 Å². The minimum absolute atomic E-state index is 0.614. The van der Waals surface area contributed by atoms with Crippen LogP contribution in [0.4, 0.5) is 0 Å². The van der Waals surface area contributed by atoms with Crippen molar-refractivity contribution < 1.29 is 13.3 Å². The normalized spacial score (nSPS) is 16.3. The van der Waals surface area contributed by atoms with Gasteiger partial charge in [-0.25, -0.2) is 0 Å². The lowest BCUT2D eigenvalue weighted by atomic mass is 10.2. The van der Waals surface area contributed by atoms with Crippen molar-refractivity contribution in [2.24, 2.45) is 0 Å². The maximum Gasteiger partial charge on any atom is 0.532 e. The molecule has 0 bridgehead atoms. The third kappa shape index (κ3) is 4.21. The number of hydrogen-bond donors (Lipinski definition) is 0. The minimum Gasteiger partial charge on any atom is -0.370 e. The molecular weight excluding hydrogens is 244 g/mol. The summed E-state index contributed by atoms with van der Waals surface area (Å²) in [4.78, 5) is 0. The van der Waals surface area contributed by atoms with E-state index >= 15 is 0 Å². The molecular formula is C14H24O3Si. The SMILES string of the molecule is CCO[Si](OCC)(OCC)C1=CC=CC=CCC1. The fraction of sp³-hybridized carbons (Fsp3) is 0.571. The zero-order chi connectivity index (χ0) is 13.3. The molecule has 0 aromatic heterocycles. The molecule has 0 heterocycles. The summed E-state index contributed by atoms with van der Waals surface area (Å²) in [6, 6.07) is 0. The number of allylic oxidation sites excluding steroid dienone is 6. The van der Waals surface area contributed by atoms with Crippen LogP contribution in [0.2, 0.25) is 0 Å². The molecule has 3 nitrogen and oxygen atoms in total. The summed E-state index contributed by atoms with van der Waals surface area (Å²) < 4.78 is 17.7. The highest BCUT2D eigenvalue weighted by Crippen LogP contribution is 2.25. The van der Waals surface area contributed by atoms with Gasteiger partial charge in [-0.3, -0.25) is 0 Å². The smallest absolute Gasteiger partial charge is 0.370 e. The van der Waals surface area contributed by atoms with Crippen LogP contribution in [0.25, 0.3) is 0 Å². The van der Waals surface area contributed by atoms with E-state index < -0.39 is 8.80 Å². The zero-order valence-corrected chi connectivity index (χ0v) is 12.6. The van der Waals surface area contributed by atoms with E-state index in [0.717, 1.165) is 12.8 Å². The van der Waals surface area contributed by atoms with Crippen LogP contribution in [0, 0.1) is 0 Å². The Morgan fingerprint density at radius 3 is 2.11 bits per heavy atom. The molecule has 0 aromatic carbocycles. The lowest BCUT2D eigenvalue weighted by Crippen LogP contribution is -2.48. The fourth-order valence-corrected chi connectivity index (χ4v) is 4.66. The molecule has 0 radical (unpaired) electrons. The Labute approximate surface area is 112 Å². The zero-order valence-electron chi connectivity index (χ0n) is 11.6. The number of rotatable bonds is 7. The van der Waals surface area contributed by atoms with E-state index in [2.05, 4.69) is 18.2 Å². The van der Waals surface area contributed by atoms with Gasteiger partial charge in [-0.05, 0) is 33.6 Å². The first-order valence-electron chi connectivity index (χ1n) is 6.73. The Hall–Kier alpha value is -0.683. The van der Waals surface area contributed by atoms with Crippen LogP contribution in [0.5, 0.6) is 0 Å². The quantitative estimate of drug-likeness (QED) is 0.662. The van der Waals surface area contributed by atoms with Gasteiger partial charge in [0.25, 0.3) is 0 Å². The minimum atomic E-state index is -2.67. The molecule has 1 rings (SSSR count). The molecule has 0 aliphatic heterocycles. The average molecular weight is 268 g/mol. The third-order valence-electron chi connectivity index (χ3n) is 2.63. The first kappa shape index (κ1) is 15.4. The van der Waals surface area contributed by atoms with Gasteiger partial charge in [0, 0.05) is 25.0 Å². The maximum absolute atomic E-state index is 5.91. The number of hydrogen-bond acceptors (Lipinski definition) is 3. The van der Waals surface area contributed by atoms with E-state index in [-0.39, 0.29) is 0 Å². The largest absolute Gasteiger partial charge is 0.532 e. The summed E-state index contributed by atoms with van der Waals surface area (Å²) >= 11 is 0. The second-order valence-corrected chi connectivity index (χ2v) is 6.52. The Bertz CT molecular complexity index is 304. The lowest BCUT2D eigenvalue weighted by Gasteiger charge is -2.30.